The van der Waals surface area contributed by atoms with Crippen molar-refractivity contribution in [1.29, 1.82) is 0 Å². The average Bonchev–Trinajstić information content (AvgIpc) is 3.48. The molecule has 1 unspecified atom stereocenters. The molecule has 170 valence electrons. The lowest BCUT2D eigenvalue weighted by molar-refractivity contribution is -0.140. The molecule has 1 amide bonds. The minimum absolute atomic E-state index is 0.0276. The van der Waals surface area contributed by atoms with Crippen molar-refractivity contribution in [3.05, 3.63) is 107 Å². The van der Waals surface area contributed by atoms with Crippen LogP contribution in [0.15, 0.2) is 84.9 Å². The fraction of sp³-hybridized carbons (Fsp3) is 0.321. The molecular formula is C28H29FN2O2. The minimum Gasteiger partial charge on any atom is -0.356 e. The molecule has 3 aromatic carbocycles. The van der Waals surface area contributed by atoms with E-state index >= 15 is 0 Å². The highest BCUT2D eigenvalue weighted by Crippen LogP contribution is 2.36. The fourth-order valence-electron chi connectivity index (χ4n) is 5.12. The Kier molecular flexibility index (Phi) is 6.51. The average molecular weight is 445 g/mol. The lowest BCUT2D eigenvalue weighted by Crippen LogP contribution is -2.43. The summed E-state index contributed by atoms with van der Waals surface area (Å²) in [6.45, 7) is 3.43. The van der Waals surface area contributed by atoms with E-state index in [1.54, 1.807) is 0 Å². The van der Waals surface area contributed by atoms with Crippen molar-refractivity contribution in [3.63, 3.8) is 0 Å². The number of hydrogen-bond donors (Lipinski definition) is 0. The molecule has 0 radical (unpaired) electrons. The third-order valence-corrected chi connectivity index (χ3v) is 6.79. The van der Waals surface area contributed by atoms with Gasteiger partial charge >= 0.3 is 0 Å². The maximum atomic E-state index is 13.8. The molecule has 0 spiro atoms. The van der Waals surface area contributed by atoms with E-state index in [0.717, 1.165) is 24.2 Å². The number of hydrogen-bond acceptors (Lipinski definition) is 3. The zero-order valence-electron chi connectivity index (χ0n) is 18.6. The first-order chi connectivity index (χ1) is 16.2. The molecule has 2 aliphatic heterocycles. The Morgan fingerprint density at radius 2 is 1.55 bits per heavy atom. The molecule has 2 aliphatic rings. The number of ether oxygens (including phenoxy) is 1. The van der Waals surface area contributed by atoms with Crippen LogP contribution in [0.25, 0.3) is 0 Å². The van der Waals surface area contributed by atoms with Crippen molar-refractivity contribution in [2.24, 2.45) is 5.92 Å². The number of rotatable bonds is 6. The first-order valence-electron chi connectivity index (χ1n) is 11.6. The number of amides is 1. The Morgan fingerprint density at radius 1 is 0.879 bits per heavy atom. The number of carbonyl (C=O) groups is 1. The summed E-state index contributed by atoms with van der Waals surface area (Å²) in [6.07, 6.45) is 0.450. The van der Waals surface area contributed by atoms with Gasteiger partial charge in [-0.05, 0) is 28.8 Å². The Bertz CT molecular complexity index is 1060. The summed E-state index contributed by atoms with van der Waals surface area (Å²) >= 11 is 0. The summed E-state index contributed by atoms with van der Waals surface area (Å²) in [7, 11) is 0. The number of benzene rings is 3. The van der Waals surface area contributed by atoms with Crippen LogP contribution in [0.5, 0.6) is 0 Å². The summed E-state index contributed by atoms with van der Waals surface area (Å²) in [5, 5.41) is 0. The molecule has 2 fully saturated rings. The first-order valence-corrected chi connectivity index (χ1v) is 11.6. The van der Waals surface area contributed by atoms with Crippen molar-refractivity contribution in [1.82, 2.24) is 9.80 Å². The molecule has 5 rings (SSSR count). The van der Waals surface area contributed by atoms with Gasteiger partial charge in [-0.15, -0.1) is 0 Å². The molecule has 0 aromatic heterocycles. The maximum absolute atomic E-state index is 13.8. The molecule has 0 bridgehead atoms. The quantitative estimate of drug-likeness (QED) is 0.563. The Labute approximate surface area is 194 Å². The van der Waals surface area contributed by atoms with Crippen LogP contribution in [0, 0.1) is 11.7 Å². The van der Waals surface area contributed by atoms with E-state index in [-0.39, 0.29) is 29.8 Å². The van der Waals surface area contributed by atoms with Crippen molar-refractivity contribution < 1.29 is 13.9 Å². The second-order valence-corrected chi connectivity index (χ2v) is 8.99. The maximum Gasteiger partial charge on any atom is 0.229 e. The lowest BCUT2D eigenvalue weighted by atomic mass is 9.88. The highest BCUT2D eigenvalue weighted by molar-refractivity contribution is 5.81. The van der Waals surface area contributed by atoms with E-state index in [2.05, 4.69) is 29.2 Å². The zero-order chi connectivity index (χ0) is 22.6. The van der Waals surface area contributed by atoms with Gasteiger partial charge in [-0.3, -0.25) is 9.69 Å². The number of likely N-dealkylation sites (tertiary alicyclic amines) is 1. The molecule has 0 N–H and O–H groups in total. The minimum atomic E-state index is -0.253. The fourth-order valence-corrected chi connectivity index (χ4v) is 5.12. The summed E-state index contributed by atoms with van der Waals surface area (Å²) in [5.74, 6) is -0.270. The van der Waals surface area contributed by atoms with Gasteiger partial charge in [-0.25, -0.2) is 4.39 Å². The molecule has 0 aliphatic carbocycles. The molecule has 5 heteroatoms. The summed E-state index contributed by atoms with van der Waals surface area (Å²) < 4.78 is 19.6. The molecule has 2 heterocycles. The molecule has 33 heavy (non-hydrogen) atoms. The second kappa shape index (κ2) is 9.86. The van der Waals surface area contributed by atoms with Gasteiger partial charge in [0.15, 0.2) is 0 Å². The van der Waals surface area contributed by atoms with Crippen LogP contribution in [0.4, 0.5) is 4.39 Å². The summed E-state index contributed by atoms with van der Waals surface area (Å²) in [5.41, 5.74) is 3.41. The van der Waals surface area contributed by atoms with Crippen molar-refractivity contribution in [2.75, 3.05) is 26.2 Å². The van der Waals surface area contributed by atoms with Crippen molar-refractivity contribution in [2.45, 2.75) is 25.1 Å². The number of carbonyl (C=O) groups excluding carboxylic acids is 1. The van der Waals surface area contributed by atoms with Crippen LogP contribution in [0.3, 0.4) is 0 Å². The topological polar surface area (TPSA) is 32.8 Å². The predicted octanol–water partition coefficient (Wildman–Crippen LogP) is 4.47. The van der Waals surface area contributed by atoms with Crippen LogP contribution in [0.2, 0.25) is 0 Å². The lowest BCUT2D eigenvalue weighted by Gasteiger charge is -2.28. The SMILES string of the molecule is O=C([C@H]1CN(Cc2ccccc2)C[C@@H]1c1ccc(F)cc1)N1CCOC1Cc1ccccc1. The molecule has 4 nitrogen and oxygen atoms in total. The van der Waals surface area contributed by atoms with E-state index in [0.29, 0.717) is 26.1 Å². The van der Waals surface area contributed by atoms with Gasteiger partial charge in [0.2, 0.25) is 5.91 Å². The molecule has 2 saturated heterocycles. The molecular weight excluding hydrogens is 415 g/mol. The Balaban J connectivity index is 1.36. The van der Waals surface area contributed by atoms with Gasteiger partial charge in [0.25, 0.3) is 0 Å². The monoisotopic (exact) mass is 444 g/mol. The third-order valence-electron chi connectivity index (χ3n) is 6.79. The van der Waals surface area contributed by atoms with Gasteiger partial charge in [-0.1, -0.05) is 72.8 Å². The molecule has 0 saturated carbocycles. The van der Waals surface area contributed by atoms with Crippen LogP contribution in [-0.4, -0.2) is 48.2 Å². The first kappa shape index (κ1) is 21.8. The third kappa shape index (κ3) is 5.00. The Hall–Kier alpha value is -3.02. The van der Waals surface area contributed by atoms with Gasteiger partial charge in [0.1, 0.15) is 12.0 Å². The van der Waals surface area contributed by atoms with E-state index in [9.17, 15) is 9.18 Å². The van der Waals surface area contributed by atoms with Crippen LogP contribution >= 0.6 is 0 Å². The van der Waals surface area contributed by atoms with Gasteiger partial charge in [-0.2, -0.15) is 0 Å². The summed E-state index contributed by atoms with van der Waals surface area (Å²) in [4.78, 5) is 18.1. The standard InChI is InChI=1S/C28H29FN2O2/c29-24-13-11-23(12-14-24)25-19-30(18-22-9-5-2-6-10-22)20-26(25)28(32)31-15-16-33-27(31)17-21-7-3-1-4-8-21/h1-14,25-27H,15-20H2/t25-,26+,27?/m1/s1. The normalized spacial score (nSPS) is 23.2. The smallest absolute Gasteiger partial charge is 0.229 e. The largest absolute Gasteiger partial charge is 0.356 e. The zero-order valence-corrected chi connectivity index (χ0v) is 18.6. The molecule has 3 atom stereocenters. The summed E-state index contributed by atoms with van der Waals surface area (Å²) in [6, 6.07) is 27.1. The molecule has 3 aromatic rings. The number of halogens is 1. The van der Waals surface area contributed by atoms with Gasteiger partial charge in [0, 0.05) is 38.5 Å². The number of nitrogens with zero attached hydrogens (tertiary/aromatic N) is 2. The van der Waals surface area contributed by atoms with Gasteiger partial charge in [0.05, 0.1) is 12.5 Å². The van der Waals surface area contributed by atoms with Crippen LogP contribution < -0.4 is 0 Å². The van der Waals surface area contributed by atoms with Gasteiger partial charge < -0.3 is 9.64 Å². The second-order valence-electron chi connectivity index (χ2n) is 8.99. The van der Waals surface area contributed by atoms with E-state index < -0.39 is 0 Å². The van der Waals surface area contributed by atoms with E-state index in [4.69, 9.17) is 4.74 Å². The van der Waals surface area contributed by atoms with Crippen molar-refractivity contribution in [3.8, 4) is 0 Å². The predicted molar refractivity (Wildman–Crippen MR) is 126 cm³/mol. The Morgan fingerprint density at radius 3 is 2.24 bits per heavy atom. The van der Waals surface area contributed by atoms with Crippen molar-refractivity contribution >= 4 is 5.91 Å². The highest BCUT2D eigenvalue weighted by Gasteiger charge is 2.43. The van der Waals surface area contributed by atoms with E-state index in [1.807, 2.05) is 53.4 Å². The van der Waals surface area contributed by atoms with Crippen LogP contribution in [0.1, 0.15) is 22.6 Å². The van der Waals surface area contributed by atoms with Crippen LogP contribution in [-0.2, 0) is 22.5 Å². The van der Waals surface area contributed by atoms with E-state index in [1.165, 1.54) is 17.7 Å². The highest BCUT2D eigenvalue weighted by atomic mass is 19.1.